The van der Waals surface area contributed by atoms with E-state index in [0.29, 0.717) is 6.54 Å². The molecule has 5 heteroatoms. The zero-order valence-electron chi connectivity index (χ0n) is 9.99. The molecule has 1 fully saturated rings. The van der Waals surface area contributed by atoms with E-state index in [2.05, 4.69) is 12.2 Å². The Morgan fingerprint density at radius 3 is 2.44 bits per heavy atom. The molecule has 0 radical (unpaired) electrons. The Morgan fingerprint density at radius 2 is 1.94 bits per heavy atom. The summed E-state index contributed by atoms with van der Waals surface area (Å²) in [6, 6.07) is 0.195. The van der Waals surface area contributed by atoms with Gasteiger partial charge in [-0.05, 0) is 13.0 Å². The molecule has 2 amide bonds. The maximum Gasteiger partial charge on any atom is 0.255 e. The van der Waals surface area contributed by atoms with Gasteiger partial charge in [0.2, 0.25) is 0 Å². The van der Waals surface area contributed by atoms with Crippen LogP contribution in [0.1, 0.15) is 26.7 Å². The molecule has 5 nitrogen and oxygen atoms in total. The van der Waals surface area contributed by atoms with Crippen LogP contribution in [0.4, 0.5) is 0 Å². The van der Waals surface area contributed by atoms with Crippen molar-refractivity contribution < 1.29 is 14.3 Å². The minimum Gasteiger partial charge on any atom is -0.362 e. The van der Waals surface area contributed by atoms with Crippen molar-refractivity contribution in [3.8, 4) is 0 Å². The zero-order valence-corrected chi connectivity index (χ0v) is 9.99. The van der Waals surface area contributed by atoms with Crippen molar-refractivity contribution in [1.82, 2.24) is 10.2 Å². The molecule has 1 aliphatic heterocycles. The summed E-state index contributed by atoms with van der Waals surface area (Å²) >= 11 is 0. The molecule has 0 aromatic rings. The van der Waals surface area contributed by atoms with Gasteiger partial charge in [-0.1, -0.05) is 20.3 Å². The molecule has 0 aliphatic carbocycles. The molecular weight excluding hydrogens is 208 g/mol. The van der Waals surface area contributed by atoms with Crippen LogP contribution >= 0.6 is 0 Å². The van der Waals surface area contributed by atoms with E-state index in [1.165, 1.54) is 4.90 Å². The molecule has 1 saturated heterocycles. The Labute approximate surface area is 96.1 Å². The number of ether oxygens (including phenoxy) is 1. The minimum atomic E-state index is -0.227. The summed E-state index contributed by atoms with van der Waals surface area (Å²) < 4.78 is 4.86. The van der Waals surface area contributed by atoms with E-state index in [4.69, 9.17) is 4.74 Å². The van der Waals surface area contributed by atoms with Gasteiger partial charge in [-0.15, -0.1) is 0 Å². The Kier molecular flexibility index (Phi) is 5.42. The number of hydrogen-bond donors (Lipinski definition) is 1. The number of likely N-dealkylation sites (N-methyl/N-ethyl adjacent to an activating group) is 1. The first-order valence-corrected chi connectivity index (χ1v) is 5.83. The van der Waals surface area contributed by atoms with Gasteiger partial charge in [-0.2, -0.15) is 0 Å². The van der Waals surface area contributed by atoms with Crippen molar-refractivity contribution in [3.05, 3.63) is 0 Å². The predicted octanol–water partition coefficient (Wildman–Crippen LogP) is 0.150. The molecule has 1 N–H and O–H groups in total. The van der Waals surface area contributed by atoms with Crippen molar-refractivity contribution in [2.75, 3.05) is 26.3 Å². The Hall–Kier alpha value is -0.940. The SMILES string of the molecule is CCCC(CN1C(=O)COCC1=O)NCC. The van der Waals surface area contributed by atoms with Gasteiger partial charge in [0.1, 0.15) is 13.2 Å². The summed E-state index contributed by atoms with van der Waals surface area (Å²) in [6.45, 7) is 5.46. The third kappa shape index (κ3) is 3.57. The van der Waals surface area contributed by atoms with Gasteiger partial charge in [0.05, 0.1) is 0 Å². The molecule has 0 spiro atoms. The van der Waals surface area contributed by atoms with Gasteiger partial charge in [-0.25, -0.2) is 0 Å². The lowest BCUT2D eigenvalue weighted by Crippen LogP contribution is -2.51. The molecule has 0 saturated carbocycles. The van der Waals surface area contributed by atoms with Crippen molar-refractivity contribution in [1.29, 1.82) is 0 Å². The highest BCUT2D eigenvalue weighted by Gasteiger charge is 2.28. The van der Waals surface area contributed by atoms with E-state index in [1.54, 1.807) is 0 Å². The highest BCUT2D eigenvalue weighted by Crippen LogP contribution is 2.05. The number of carbonyl (C=O) groups excluding carboxylic acids is 2. The van der Waals surface area contributed by atoms with Gasteiger partial charge in [-0.3, -0.25) is 14.5 Å². The van der Waals surface area contributed by atoms with Crippen LogP contribution in [0.2, 0.25) is 0 Å². The second-order valence-electron chi connectivity index (χ2n) is 3.93. The molecule has 0 aromatic carbocycles. The van der Waals surface area contributed by atoms with Crippen molar-refractivity contribution >= 4 is 11.8 Å². The fourth-order valence-corrected chi connectivity index (χ4v) is 1.84. The Balaban J connectivity index is 2.53. The maximum atomic E-state index is 11.5. The predicted molar refractivity (Wildman–Crippen MR) is 59.9 cm³/mol. The molecule has 1 heterocycles. The van der Waals surface area contributed by atoms with Crippen LogP contribution in [-0.2, 0) is 14.3 Å². The van der Waals surface area contributed by atoms with Gasteiger partial charge in [0, 0.05) is 12.6 Å². The van der Waals surface area contributed by atoms with E-state index in [-0.39, 0.29) is 31.1 Å². The molecule has 0 aromatic heterocycles. The molecule has 0 bridgehead atoms. The first kappa shape index (κ1) is 13.1. The van der Waals surface area contributed by atoms with E-state index >= 15 is 0 Å². The Morgan fingerprint density at radius 1 is 1.31 bits per heavy atom. The minimum absolute atomic E-state index is 0.0245. The zero-order chi connectivity index (χ0) is 12.0. The first-order valence-electron chi connectivity index (χ1n) is 5.83. The van der Waals surface area contributed by atoms with Crippen molar-refractivity contribution in [3.63, 3.8) is 0 Å². The summed E-state index contributed by atoms with van der Waals surface area (Å²) in [5, 5.41) is 3.29. The largest absolute Gasteiger partial charge is 0.362 e. The number of amides is 2. The van der Waals surface area contributed by atoms with Gasteiger partial charge < -0.3 is 10.1 Å². The van der Waals surface area contributed by atoms with Crippen LogP contribution in [0.3, 0.4) is 0 Å². The highest BCUT2D eigenvalue weighted by molar-refractivity contribution is 5.98. The quantitative estimate of drug-likeness (QED) is 0.657. The molecule has 1 unspecified atom stereocenters. The molecule has 1 aliphatic rings. The Bertz CT molecular complexity index is 234. The lowest BCUT2D eigenvalue weighted by Gasteiger charge is -2.29. The summed E-state index contributed by atoms with van der Waals surface area (Å²) in [4.78, 5) is 24.3. The number of nitrogens with zero attached hydrogens (tertiary/aromatic N) is 1. The molecule has 1 rings (SSSR count). The maximum absolute atomic E-state index is 11.5. The first-order chi connectivity index (χ1) is 7.69. The molecular formula is C11H20N2O3. The number of nitrogens with one attached hydrogen (secondary N) is 1. The molecule has 1 atom stereocenters. The van der Waals surface area contributed by atoms with Gasteiger partial charge in [0.15, 0.2) is 0 Å². The van der Waals surface area contributed by atoms with Crippen molar-refractivity contribution in [2.45, 2.75) is 32.7 Å². The van der Waals surface area contributed by atoms with E-state index in [9.17, 15) is 9.59 Å². The summed E-state index contributed by atoms with van der Waals surface area (Å²) in [5.41, 5.74) is 0. The van der Waals surface area contributed by atoms with Crippen LogP contribution in [-0.4, -0.2) is 49.1 Å². The average Bonchev–Trinajstić information content (AvgIpc) is 2.24. The smallest absolute Gasteiger partial charge is 0.255 e. The van der Waals surface area contributed by atoms with Crippen molar-refractivity contribution in [2.24, 2.45) is 0 Å². The number of morpholine rings is 1. The van der Waals surface area contributed by atoms with Crippen LogP contribution in [0.5, 0.6) is 0 Å². The monoisotopic (exact) mass is 228 g/mol. The third-order valence-electron chi connectivity index (χ3n) is 2.59. The number of hydrogen-bond acceptors (Lipinski definition) is 4. The second-order valence-corrected chi connectivity index (χ2v) is 3.93. The van der Waals surface area contributed by atoms with E-state index in [1.807, 2.05) is 6.92 Å². The van der Waals surface area contributed by atoms with Gasteiger partial charge >= 0.3 is 0 Å². The number of imide groups is 1. The lowest BCUT2D eigenvalue weighted by atomic mass is 10.1. The number of carbonyl (C=O) groups is 2. The van der Waals surface area contributed by atoms with E-state index in [0.717, 1.165) is 19.4 Å². The fraction of sp³-hybridized carbons (Fsp3) is 0.818. The summed E-state index contributed by atoms with van der Waals surface area (Å²) in [6.07, 6.45) is 2.00. The number of rotatable bonds is 6. The average molecular weight is 228 g/mol. The summed E-state index contributed by atoms with van der Waals surface area (Å²) in [7, 11) is 0. The molecule has 16 heavy (non-hydrogen) atoms. The van der Waals surface area contributed by atoms with Crippen LogP contribution in [0, 0.1) is 0 Å². The highest BCUT2D eigenvalue weighted by atomic mass is 16.5. The standard InChI is InChI=1S/C11H20N2O3/c1-3-5-9(12-4-2)6-13-10(14)7-16-8-11(13)15/h9,12H,3-8H2,1-2H3. The third-order valence-corrected chi connectivity index (χ3v) is 2.59. The van der Waals surface area contributed by atoms with Crippen LogP contribution < -0.4 is 5.32 Å². The summed E-state index contributed by atoms with van der Waals surface area (Å²) in [5.74, 6) is -0.453. The molecule has 92 valence electrons. The normalized spacial score (nSPS) is 19.0. The van der Waals surface area contributed by atoms with E-state index < -0.39 is 0 Å². The second kappa shape index (κ2) is 6.60. The fourth-order valence-electron chi connectivity index (χ4n) is 1.84. The van der Waals surface area contributed by atoms with Gasteiger partial charge in [0.25, 0.3) is 11.8 Å². The lowest BCUT2D eigenvalue weighted by molar-refractivity contribution is -0.158. The van der Waals surface area contributed by atoms with Crippen LogP contribution in [0.25, 0.3) is 0 Å². The van der Waals surface area contributed by atoms with Crippen LogP contribution in [0.15, 0.2) is 0 Å². The topological polar surface area (TPSA) is 58.6 Å².